The number of piperidine rings is 1. The fourth-order valence-electron chi connectivity index (χ4n) is 4.43. The monoisotopic (exact) mass is 265 g/mol. The zero-order valence-electron chi connectivity index (χ0n) is 13.0. The third kappa shape index (κ3) is 2.84. The summed E-state index contributed by atoms with van der Waals surface area (Å²) in [4.78, 5) is 8.14. The van der Waals surface area contributed by atoms with E-state index in [0.717, 1.165) is 24.0 Å². The highest BCUT2D eigenvalue weighted by Gasteiger charge is 2.42. The lowest BCUT2D eigenvalue weighted by atomic mass is 9.95. The highest BCUT2D eigenvalue weighted by atomic mass is 15.3. The van der Waals surface area contributed by atoms with E-state index >= 15 is 0 Å². The van der Waals surface area contributed by atoms with E-state index in [1.165, 1.54) is 58.5 Å². The summed E-state index contributed by atoms with van der Waals surface area (Å²) < 4.78 is 0. The second kappa shape index (κ2) is 5.71. The topological polar surface area (TPSA) is 9.72 Å². The van der Waals surface area contributed by atoms with E-state index in [-0.39, 0.29) is 0 Å². The minimum Gasteiger partial charge on any atom is -0.301 e. The van der Waals surface area contributed by atoms with Gasteiger partial charge in [-0.25, -0.2) is 0 Å². The summed E-state index contributed by atoms with van der Waals surface area (Å²) in [6.07, 6.45) is 4.28. The standard InChI is InChI=1S/C16H31N3/c1-4-17-11-16-9-15(17)12-19(16)10-14-5-7-18(8-6-14)13(2)3/h13-16H,4-12H2,1-3H3. The van der Waals surface area contributed by atoms with Gasteiger partial charge in [0.1, 0.15) is 0 Å². The van der Waals surface area contributed by atoms with E-state index in [1.54, 1.807) is 0 Å². The van der Waals surface area contributed by atoms with Crippen LogP contribution in [0.1, 0.15) is 40.0 Å². The zero-order chi connectivity index (χ0) is 13.4. The van der Waals surface area contributed by atoms with Crippen LogP contribution >= 0.6 is 0 Å². The smallest absolute Gasteiger partial charge is 0.0239 e. The molecule has 0 aromatic carbocycles. The molecular formula is C16H31N3. The van der Waals surface area contributed by atoms with Crippen molar-refractivity contribution in [3.05, 3.63) is 0 Å². The Kier molecular flexibility index (Phi) is 4.16. The largest absolute Gasteiger partial charge is 0.301 e. The average molecular weight is 265 g/mol. The highest BCUT2D eigenvalue weighted by molar-refractivity contribution is 4.99. The Bertz CT molecular complexity index is 296. The third-order valence-corrected chi connectivity index (χ3v) is 5.75. The van der Waals surface area contributed by atoms with Crippen LogP contribution in [0.5, 0.6) is 0 Å². The van der Waals surface area contributed by atoms with Crippen LogP contribution in [0.25, 0.3) is 0 Å². The molecule has 3 heteroatoms. The molecule has 3 saturated heterocycles. The van der Waals surface area contributed by atoms with Crippen molar-refractivity contribution in [3.63, 3.8) is 0 Å². The summed E-state index contributed by atoms with van der Waals surface area (Å²) in [7, 11) is 0. The molecule has 3 nitrogen and oxygen atoms in total. The fourth-order valence-corrected chi connectivity index (χ4v) is 4.43. The van der Waals surface area contributed by atoms with Crippen LogP contribution in [0.3, 0.4) is 0 Å². The van der Waals surface area contributed by atoms with Gasteiger partial charge in [0.2, 0.25) is 0 Å². The number of likely N-dealkylation sites (tertiary alicyclic amines) is 3. The molecule has 2 unspecified atom stereocenters. The lowest BCUT2D eigenvalue weighted by Crippen LogP contribution is -2.49. The number of likely N-dealkylation sites (N-methyl/N-ethyl adjacent to an activating group) is 1. The van der Waals surface area contributed by atoms with Crippen molar-refractivity contribution in [2.75, 3.05) is 39.3 Å². The molecule has 0 spiro atoms. The molecule has 3 aliphatic heterocycles. The molecule has 0 amide bonds. The third-order valence-electron chi connectivity index (χ3n) is 5.75. The molecule has 3 aliphatic rings. The van der Waals surface area contributed by atoms with Gasteiger partial charge in [-0.2, -0.15) is 0 Å². The quantitative estimate of drug-likeness (QED) is 0.768. The van der Waals surface area contributed by atoms with Crippen LogP contribution in [0.4, 0.5) is 0 Å². The molecule has 0 radical (unpaired) electrons. The number of hydrogen-bond acceptors (Lipinski definition) is 3. The first kappa shape index (κ1) is 13.8. The Morgan fingerprint density at radius 2 is 1.63 bits per heavy atom. The number of hydrogen-bond donors (Lipinski definition) is 0. The normalized spacial score (nSPS) is 34.7. The lowest BCUT2D eigenvalue weighted by Gasteiger charge is -2.39. The molecule has 0 N–H and O–H groups in total. The van der Waals surface area contributed by atoms with Crippen LogP contribution in [0.2, 0.25) is 0 Å². The molecule has 2 atom stereocenters. The molecule has 0 saturated carbocycles. The fraction of sp³-hybridized carbons (Fsp3) is 1.00. The second-order valence-electron chi connectivity index (χ2n) is 7.16. The molecule has 2 bridgehead atoms. The van der Waals surface area contributed by atoms with Crippen molar-refractivity contribution in [2.24, 2.45) is 5.92 Å². The maximum Gasteiger partial charge on any atom is 0.0239 e. The predicted octanol–water partition coefficient (Wildman–Crippen LogP) is 1.89. The summed E-state index contributed by atoms with van der Waals surface area (Å²) in [6.45, 7) is 14.9. The second-order valence-corrected chi connectivity index (χ2v) is 7.16. The summed E-state index contributed by atoms with van der Waals surface area (Å²) in [5.41, 5.74) is 0. The minimum absolute atomic E-state index is 0.738. The molecule has 110 valence electrons. The van der Waals surface area contributed by atoms with Gasteiger partial charge < -0.3 is 4.90 Å². The van der Waals surface area contributed by atoms with Gasteiger partial charge in [-0.05, 0) is 58.7 Å². The van der Waals surface area contributed by atoms with Crippen LogP contribution in [0, 0.1) is 5.92 Å². The minimum atomic E-state index is 0.738. The van der Waals surface area contributed by atoms with Crippen molar-refractivity contribution < 1.29 is 0 Å². The van der Waals surface area contributed by atoms with E-state index in [2.05, 4.69) is 35.5 Å². The van der Waals surface area contributed by atoms with Gasteiger partial charge in [-0.15, -0.1) is 0 Å². The Labute approximate surface area is 118 Å². The first-order valence-corrected chi connectivity index (χ1v) is 8.39. The van der Waals surface area contributed by atoms with Crippen LogP contribution < -0.4 is 0 Å². The molecule has 3 rings (SSSR count). The van der Waals surface area contributed by atoms with Crippen LogP contribution in [-0.4, -0.2) is 72.1 Å². The molecule has 19 heavy (non-hydrogen) atoms. The van der Waals surface area contributed by atoms with Gasteiger partial charge in [-0.1, -0.05) is 6.92 Å². The summed E-state index contributed by atoms with van der Waals surface area (Å²) in [6, 6.07) is 2.50. The van der Waals surface area contributed by atoms with Crippen molar-refractivity contribution in [3.8, 4) is 0 Å². The van der Waals surface area contributed by atoms with Gasteiger partial charge >= 0.3 is 0 Å². The predicted molar refractivity (Wildman–Crippen MR) is 80.4 cm³/mol. The van der Waals surface area contributed by atoms with Crippen molar-refractivity contribution in [1.82, 2.24) is 14.7 Å². The highest BCUT2D eigenvalue weighted by Crippen LogP contribution is 2.32. The Balaban J connectivity index is 1.45. The first-order valence-electron chi connectivity index (χ1n) is 8.39. The summed E-state index contributed by atoms with van der Waals surface area (Å²) in [5, 5.41) is 0. The molecule has 0 aliphatic carbocycles. The lowest BCUT2D eigenvalue weighted by molar-refractivity contribution is 0.0865. The average Bonchev–Trinajstić information content (AvgIpc) is 2.98. The van der Waals surface area contributed by atoms with E-state index in [1.807, 2.05) is 0 Å². The van der Waals surface area contributed by atoms with Gasteiger partial charge in [0.05, 0.1) is 0 Å². The number of nitrogens with zero attached hydrogens (tertiary/aromatic N) is 3. The SMILES string of the molecule is CCN1CC2CC1CN2CC1CCN(C(C)C)CC1. The van der Waals surface area contributed by atoms with Crippen LogP contribution in [-0.2, 0) is 0 Å². The van der Waals surface area contributed by atoms with E-state index in [9.17, 15) is 0 Å². The summed E-state index contributed by atoms with van der Waals surface area (Å²) in [5.74, 6) is 0.962. The Morgan fingerprint density at radius 3 is 2.16 bits per heavy atom. The van der Waals surface area contributed by atoms with Gasteiger partial charge in [0.15, 0.2) is 0 Å². The molecule has 3 fully saturated rings. The van der Waals surface area contributed by atoms with Crippen molar-refractivity contribution in [2.45, 2.75) is 58.2 Å². The van der Waals surface area contributed by atoms with Crippen molar-refractivity contribution >= 4 is 0 Å². The zero-order valence-corrected chi connectivity index (χ0v) is 13.0. The Morgan fingerprint density at radius 1 is 1.00 bits per heavy atom. The molecule has 0 aromatic rings. The first-order chi connectivity index (χ1) is 9.17. The molecule has 0 aromatic heterocycles. The van der Waals surface area contributed by atoms with Gasteiger partial charge in [0.25, 0.3) is 0 Å². The van der Waals surface area contributed by atoms with E-state index in [0.29, 0.717) is 0 Å². The Hall–Kier alpha value is -0.120. The van der Waals surface area contributed by atoms with Gasteiger partial charge in [-0.3, -0.25) is 9.80 Å². The number of fused-ring (bicyclic) bond motifs is 2. The van der Waals surface area contributed by atoms with Crippen molar-refractivity contribution in [1.29, 1.82) is 0 Å². The number of rotatable bonds is 4. The molecule has 3 heterocycles. The maximum absolute atomic E-state index is 2.81. The molecular weight excluding hydrogens is 234 g/mol. The van der Waals surface area contributed by atoms with E-state index < -0.39 is 0 Å². The van der Waals surface area contributed by atoms with Crippen LogP contribution in [0.15, 0.2) is 0 Å². The maximum atomic E-state index is 2.81. The summed E-state index contributed by atoms with van der Waals surface area (Å²) >= 11 is 0. The van der Waals surface area contributed by atoms with Gasteiger partial charge in [0, 0.05) is 37.8 Å². The number of piperazine rings is 1. The van der Waals surface area contributed by atoms with E-state index in [4.69, 9.17) is 0 Å².